The van der Waals surface area contributed by atoms with E-state index in [0.29, 0.717) is 12.8 Å². The zero-order valence-corrected chi connectivity index (χ0v) is 7.01. The van der Waals surface area contributed by atoms with Gasteiger partial charge in [0.25, 0.3) is 0 Å². The summed E-state index contributed by atoms with van der Waals surface area (Å²) in [5, 5.41) is 0. The van der Waals surface area contributed by atoms with Crippen molar-refractivity contribution < 1.29 is 18.7 Å². The molecule has 0 aromatic rings. The first-order chi connectivity index (χ1) is 5.02. The van der Waals surface area contributed by atoms with Crippen LogP contribution < -0.4 is 0 Å². The maximum Gasteiger partial charge on any atom is 0.331 e. The lowest BCUT2D eigenvalue weighted by Gasteiger charge is -2.25. The number of hydrogen-bond acceptors (Lipinski definition) is 1. The van der Waals surface area contributed by atoms with Crippen LogP contribution in [0.3, 0.4) is 0 Å². The van der Waals surface area contributed by atoms with Gasteiger partial charge in [0.2, 0.25) is 0 Å². The summed E-state index contributed by atoms with van der Waals surface area (Å²) in [4.78, 5) is 17.4. The van der Waals surface area contributed by atoms with Crippen LogP contribution in [0.25, 0.3) is 0 Å². The molecule has 11 heavy (non-hydrogen) atoms. The normalized spacial score (nSPS) is 33.7. The highest BCUT2D eigenvalue weighted by Gasteiger charge is 2.37. The van der Waals surface area contributed by atoms with Gasteiger partial charge in [-0.3, -0.25) is 4.57 Å². The molecule has 2 unspecified atom stereocenters. The molecule has 1 aliphatic rings. The molecule has 2 atom stereocenters. The van der Waals surface area contributed by atoms with Crippen LogP contribution in [0, 0.1) is 0 Å². The molecule has 2 N–H and O–H groups in total. The molecule has 0 heterocycles. The van der Waals surface area contributed by atoms with Gasteiger partial charge in [-0.15, -0.1) is 0 Å². The largest absolute Gasteiger partial charge is 0.331 e. The first kappa shape index (κ1) is 9.17. The van der Waals surface area contributed by atoms with Crippen molar-refractivity contribution in [2.45, 2.75) is 37.5 Å². The van der Waals surface area contributed by atoms with Crippen LogP contribution in [0.4, 0.5) is 4.39 Å². The minimum atomic E-state index is -4.17. The molecule has 0 aromatic carbocycles. The Balaban J connectivity index is 2.62. The van der Waals surface area contributed by atoms with Crippen LogP contribution in [0.2, 0.25) is 0 Å². The zero-order chi connectivity index (χ0) is 8.48. The summed E-state index contributed by atoms with van der Waals surface area (Å²) in [5.41, 5.74) is -1.03. The van der Waals surface area contributed by atoms with Crippen LogP contribution in [0.5, 0.6) is 0 Å². The summed E-state index contributed by atoms with van der Waals surface area (Å²) >= 11 is 0. The molecule has 0 amide bonds. The van der Waals surface area contributed by atoms with Gasteiger partial charge in [0.15, 0.2) is 0 Å². The standard InChI is InChI=1S/C6H12FO3P/c7-5-3-1-2-4-6(5)11(8,9)10/h5-6H,1-4H2,(H2,8,9,10). The first-order valence-corrected chi connectivity index (χ1v) is 5.39. The highest BCUT2D eigenvalue weighted by atomic mass is 31.2. The Hall–Kier alpha value is 0.0800. The molecular formula is C6H12FO3P. The minimum absolute atomic E-state index is 0.301. The minimum Gasteiger partial charge on any atom is -0.324 e. The molecule has 0 saturated heterocycles. The van der Waals surface area contributed by atoms with Crippen LogP contribution in [0.15, 0.2) is 0 Å². The quantitative estimate of drug-likeness (QED) is 0.603. The molecular weight excluding hydrogens is 170 g/mol. The fourth-order valence-corrected chi connectivity index (χ4v) is 2.53. The van der Waals surface area contributed by atoms with Crippen molar-refractivity contribution in [3.8, 4) is 0 Å². The topological polar surface area (TPSA) is 57.5 Å². The maximum absolute atomic E-state index is 12.9. The molecule has 1 saturated carbocycles. The monoisotopic (exact) mass is 182 g/mol. The number of hydrogen-bond donors (Lipinski definition) is 2. The first-order valence-electron chi connectivity index (χ1n) is 3.71. The summed E-state index contributed by atoms with van der Waals surface area (Å²) in [7, 11) is -4.17. The highest BCUT2D eigenvalue weighted by Crippen LogP contribution is 2.48. The number of rotatable bonds is 1. The van der Waals surface area contributed by atoms with Crippen LogP contribution in [-0.4, -0.2) is 21.6 Å². The van der Waals surface area contributed by atoms with Gasteiger partial charge in [0, 0.05) is 0 Å². The van der Waals surface area contributed by atoms with Crippen molar-refractivity contribution >= 4 is 7.60 Å². The van der Waals surface area contributed by atoms with Crippen LogP contribution in [0.1, 0.15) is 25.7 Å². The molecule has 5 heteroatoms. The van der Waals surface area contributed by atoms with Gasteiger partial charge in [-0.25, -0.2) is 4.39 Å². The summed E-state index contributed by atoms with van der Waals surface area (Å²) in [6, 6.07) is 0. The Kier molecular flexibility index (Phi) is 2.68. The summed E-state index contributed by atoms with van der Waals surface area (Å²) < 4.78 is 23.5. The SMILES string of the molecule is O=P(O)(O)C1CCCCC1F. The highest BCUT2D eigenvalue weighted by molar-refractivity contribution is 7.52. The smallest absolute Gasteiger partial charge is 0.324 e. The molecule has 3 nitrogen and oxygen atoms in total. The van der Waals surface area contributed by atoms with E-state index in [0.717, 1.165) is 12.8 Å². The molecule has 0 spiro atoms. The van der Waals surface area contributed by atoms with E-state index >= 15 is 0 Å². The van der Waals surface area contributed by atoms with Gasteiger partial charge in [-0.2, -0.15) is 0 Å². The van der Waals surface area contributed by atoms with Crippen LogP contribution >= 0.6 is 7.60 Å². The fraction of sp³-hybridized carbons (Fsp3) is 1.00. The van der Waals surface area contributed by atoms with E-state index in [1.807, 2.05) is 0 Å². The number of alkyl halides is 1. The van der Waals surface area contributed by atoms with Gasteiger partial charge in [0.1, 0.15) is 6.17 Å². The predicted octanol–water partition coefficient (Wildman–Crippen LogP) is 1.44. The fourth-order valence-electron chi connectivity index (χ4n) is 1.44. The van der Waals surface area contributed by atoms with Crippen molar-refractivity contribution in [2.24, 2.45) is 0 Å². The maximum atomic E-state index is 12.9. The van der Waals surface area contributed by atoms with E-state index in [1.54, 1.807) is 0 Å². The Labute approximate surface area is 64.8 Å². The lowest BCUT2D eigenvalue weighted by molar-refractivity contribution is 0.226. The molecule has 66 valence electrons. The lowest BCUT2D eigenvalue weighted by atomic mass is 9.98. The van der Waals surface area contributed by atoms with Gasteiger partial charge in [-0.05, 0) is 12.8 Å². The van der Waals surface area contributed by atoms with Crippen LogP contribution in [-0.2, 0) is 4.57 Å². The van der Waals surface area contributed by atoms with Gasteiger partial charge in [0.05, 0.1) is 5.66 Å². The summed E-state index contributed by atoms with van der Waals surface area (Å²) in [5.74, 6) is 0. The second-order valence-corrected chi connectivity index (χ2v) is 4.80. The second kappa shape index (κ2) is 3.21. The molecule has 1 aliphatic carbocycles. The van der Waals surface area contributed by atoms with Crippen molar-refractivity contribution in [3.05, 3.63) is 0 Å². The molecule has 1 fully saturated rings. The molecule has 0 aromatic heterocycles. The molecule has 0 aliphatic heterocycles. The van der Waals surface area contributed by atoms with E-state index in [9.17, 15) is 8.96 Å². The van der Waals surface area contributed by atoms with E-state index in [1.165, 1.54) is 0 Å². The Morgan fingerprint density at radius 3 is 2.18 bits per heavy atom. The Morgan fingerprint density at radius 2 is 1.82 bits per heavy atom. The number of halogens is 1. The summed E-state index contributed by atoms with van der Waals surface area (Å²) in [6.45, 7) is 0. The van der Waals surface area contributed by atoms with Crippen molar-refractivity contribution in [1.29, 1.82) is 0 Å². The second-order valence-electron chi connectivity index (χ2n) is 2.96. The van der Waals surface area contributed by atoms with Gasteiger partial charge >= 0.3 is 7.60 Å². The van der Waals surface area contributed by atoms with E-state index in [2.05, 4.69) is 0 Å². The zero-order valence-electron chi connectivity index (χ0n) is 6.11. The van der Waals surface area contributed by atoms with Gasteiger partial charge in [-0.1, -0.05) is 12.8 Å². The Morgan fingerprint density at radius 1 is 1.27 bits per heavy atom. The van der Waals surface area contributed by atoms with Gasteiger partial charge < -0.3 is 9.79 Å². The lowest BCUT2D eigenvalue weighted by Crippen LogP contribution is -2.25. The third kappa shape index (κ3) is 2.26. The van der Waals surface area contributed by atoms with E-state index in [-0.39, 0.29) is 0 Å². The average molecular weight is 182 g/mol. The average Bonchev–Trinajstić information content (AvgIpc) is 1.86. The summed E-state index contributed by atoms with van der Waals surface area (Å²) in [6.07, 6.45) is 0.805. The molecule has 1 rings (SSSR count). The predicted molar refractivity (Wildman–Crippen MR) is 39.2 cm³/mol. The van der Waals surface area contributed by atoms with Crippen molar-refractivity contribution in [3.63, 3.8) is 0 Å². The van der Waals surface area contributed by atoms with E-state index in [4.69, 9.17) is 9.79 Å². The van der Waals surface area contributed by atoms with Crippen molar-refractivity contribution in [1.82, 2.24) is 0 Å². The Bertz CT molecular complexity index is 179. The molecule has 0 bridgehead atoms. The molecule has 0 radical (unpaired) electrons. The van der Waals surface area contributed by atoms with E-state index < -0.39 is 19.4 Å². The van der Waals surface area contributed by atoms with Crippen molar-refractivity contribution in [2.75, 3.05) is 0 Å². The third-order valence-corrected chi connectivity index (χ3v) is 3.53. The third-order valence-electron chi connectivity index (χ3n) is 2.08.